The van der Waals surface area contributed by atoms with Gasteiger partial charge in [-0.15, -0.1) is 0 Å². The predicted octanol–water partition coefficient (Wildman–Crippen LogP) is 1.18. The first-order valence-electron chi connectivity index (χ1n) is 6.38. The lowest BCUT2D eigenvalue weighted by atomic mass is 10.2. The molecule has 0 spiro atoms. The van der Waals surface area contributed by atoms with Crippen LogP contribution in [0.1, 0.15) is 5.56 Å². The van der Waals surface area contributed by atoms with E-state index >= 15 is 0 Å². The quantitative estimate of drug-likeness (QED) is 0.503. The maximum absolute atomic E-state index is 11.6. The van der Waals surface area contributed by atoms with Gasteiger partial charge in [0.2, 0.25) is 0 Å². The Bertz CT molecular complexity index is 686. The summed E-state index contributed by atoms with van der Waals surface area (Å²) in [6.45, 7) is 0. The van der Waals surface area contributed by atoms with Crippen LogP contribution in [0.25, 0.3) is 0 Å². The zero-order chi connectivity index (χ0) is 15.8. The monoisotopic (exact) mass is 298 g/mol. The number of rotatable bonds is 4. The lowest BCUT2D eigenvalue weighted by Gasteiger charge is -2.02. The Morgan fingerprint density at radius 3 is 2.77 bits per heavy atom. The third-order valence-electron chi connectivity index (χ3n) is 2.59. The molecule has 2 N–H and O–H groups in total. The number of hydrogen-bond acceptors (Lipinski definition) is 5. The van der Waals surface area contributed by atoms with Gasteiger partial charge in [-0.2, -0.15) is 5.10 Å². The average Bonchev–Trinajstić information content (AvgIpc) is 2.56. The number of hydrogen-bond donors (Lipinski definition) is 2. The van der Waals surface area contributed by atoms with Gasteiger partial charge in [-0.3, -0.25) is 9.59 Å². The summed E-state index contributed by atoms with van der Waals surface area (Å²) in [5.41, 5.74) is 2.87. The molecule has 1 aromatic heterocycles. The number of ether oxygens (including phenoxy) is 1. The highest BCUT2D eigenvalue weighted by atomic mass is 16.5. The van der Waals surface area contributed by atoms with Gasteiger partial charge in [0.25, 0.3) is 0 Å². The van der Waals surface area contributed by atoms with Crippen LogP contribution in [-0.4, -0.2) is 30.1 Å². The molecule has 0 saturated heterocycles. The van der Waals surface area contributed by atoms with Gasteiger partial charge >= 0.3 is 11.8 Å². The first kappa shape index (κ1) is 15.2. The fraction of sp³-hybridized carbons (Fsp3) is 0.0667. The van der Waals surface area contributed by atoms with E-state index in [0.717, 1.165) is 5.56 Å². The van der Waals surface area contributed by atoms with E-state index in [1.165, 1.54) is 12.4 Å². The summed E-state index contributed by atoms with van der Waals surface area (Å²) < 4.78 is 5.07. The van der Waals surface area contributed by atoms with Crippen LogP contribution in [0.4, 0.5) is 5.82 Å². The zero-order valence-corrected chi connectivity index (χ0v) is 11.8. The lowest BCUT2D eigenvalue weighted by Crippen LogP contribution is -2.32. The standard InChI is InChI=1S/C15H14N4O3/c1-22-12-6-4-5-11(9-12)10-17-19-15(21)14(20)18-13-7-2-3-8-16-13/h2-10H,1H3,(H,19,21)(H,16,18,20). The molecule has 22 heavy (non-hydrogen) atoms. The van der Waals surface area contributed by atoms with E-state index in [1.54, 1.807) is 49.6 Å². The Morgan fingerprint density at radius 2 is 2.05 bits per heavy atom. The van der Waals surface area contributed by atoms with Crippen molar-refractivity contribution in [2.75, 3.05) is 12.4 Å². The second-order valence-corrected chi connectivity index (χ2v) is 4.14. The molecule has 7 nitrogen and oxygen atoms in total. The second kappa shape index (κ2) is 7.53. The number of aromatic nitrogens is 1. The highest BCUT2D eigenvalue weighted by molar-refractivity contribution is 6.39. The number of nitrogens with one attached hydrogen (secondary N) is 2. The predicted molar refractivity (Wildman–Crippen MR) is 81.6 cm³/mol. The van der Waals surface area contributed by atoms with Crippen LogP contribution in [0.5, 0.6) is 5.75 Å². The Hall–Kier alpha value is -3.22. The molecule has 0 aliphatic heterocycles. The van der Waals surface area contributed by atoms with Crippen LogP contribution in [0.15, 0.2) is 53.8 Å². The summed E-state index contributed by atoms with van der Waals surface area (Å²) in [6, 6.07) is 12.1. The van der Waals surface area contributed by atoms with Gasteiger partial charge in [-0.05, 0) is 29.8 Å². The topological polar surface area (TPSA) is 92.7 Å². The first-order valence-corrected chi connectivity index (χ1v) is 6.38. The Kier molecular flexibility index (Phi) is 5.20. The van der Waals surface area contributed by atoms with Crippen molar-refractivity contribution < 1.29 is 14.3 Å². The average molecular weight is 298 g/mol. The van der Waals surface area contributed by atoms with Gasteiger partial charge in [-0.25, -0.2) is 10.4 Å². The van der Waals surface area contributed by atoms with Crippen LogP contribution >= 0.6 is 0 Å². The van der Waals surface area contributed by atoms with Gasteiger partial charge in [0.1, 0.15) is 11.6 Å². The SMILES string of the molecule is COc1cccc(C=NNC(=O)C(=O)Nc2ccccn2)c1. The van der Waals surface area contributed by atoms with E-state index in [2.05, 4.69) is 20.8 Å². The van der Waals surface area contributed by atoms with Crippen LogP contribution in [-0.2, 0) is 9.59 Å². The summed E-state index contributed by atoms with van der Waals surface area (Å²) >= 11 is 0. The van der Waals surface area contributed by atoms with E-state index in [4.69, 9.17) is 4.74 Å². The Labute approximate surface area is 127 Å². The zero-order valence-electron chi connectivity index (χ0n) is 11.8. The molecular weight excluding hydrogens is 284 g/mol. The van der Waals surface area contributed by atoms with Crippen molar-refractivity contribution in [2.45, 2.75) is 0 Å². The van der Waals surface area contributed by atoms with Gasteiger partial charge in [0.15, 0.2) is 0 Å². The minimum atomic E-state index is -0.884. The van der Waals surface area contributed by atoms with Crippen LogP contribution in [0.2, 0.25) is 0 Å². The summed E-state index contributed by atoms with van der Waals surface area (Å²) in [5.74, 6) is -0.770. The molecule has 7 heteroatoms. The third kappa shape index (κ3) is 4.41. The van der Waals surface area contributed by atoms with Crippen LogP contribution < -0.4 is 15.5 Å². The Morgan fingerprint density at radius 1 is 1.18 bits per heavy atom. The molecule has 0 fully saturated rings. The van der Waals surface area contributed by atoms with E-state index in [9.17, 15) is 9.59 Å². The molecule has 2 rings (SSSR count). The number of amides is 2. The number of benzene rings is 1. The van der Waals surface area contributed by atoms with Crippen molar-refractivity contribution in [3.05, 3.63) is 54.2 Å². The van der Waals surface area contributed by atoms with Crippen molar-refractivity contribution in [2.24, 2.45) is 5.10 Å². The highest BCUT2D eigenvalue weighted by Crippen LogP contribution is 2.10. The van der Waals surface area contributed by atoms with E-state index in [1.807, 2.05) is 0 Å². The molecule has 2 aromatic rings. The number of pyridine rings is 1. The first-order chi connectivity index (χ1) is 10.7. The molecule has 0 atom stereocenters. The number of hydrazone groups is 1. The molecule has 0 aliphatic rings. The van der Waals surface area contributed by atoms with E-state index < -0.39 is 11.8 Å². The Balaban J connectivity index is 1.89. The molecule has 0 aliphatic carbocycles. The molecule has 0 radical (unpaired) electrons. The molecule has 1 aromatic carbocycles. The lowest BCUT2D eigenvalue weighted by molar-refractivity contribution is -0.136. The number of carbonyl (C=O) groups is 2. The number of anilines is 1. The van der Waals surface area contributed by atoms with Gasteiger partial charge in [0, 0.05) is 6.20 Å². The fourth-order valence-electron chi connectivity index (χ4n) is 1.55. The van der Waals surface area contributed by atoms with Gasteiger partial charge in [-0.1, -0.05) is 18.2 Å². The van der Waals surface area contributed by atoms with Crippen LogP contribution in [0, 0.1) is 0 Å². The van der Waals surface area contributed by atoms with Crippen molar-refractivity contribution in [3.8, 4) is 5.75 Å². The number of carbonyl (C=O) groups excluding carboxylic acids is 2. The third-order valence-corrected chi connectivity index (χ3v) is 2.59. The van der Waals surface area contributed by atoms with Crippen molar-refractivity contribution in [1.82, 2.24) is 10.4 Å². The maximum atomic E-state index is 11.6. The maximum Gasteiger partial charge on any atom is 0.329 e. The van der Waals surface area contributed by atoms with Crippen LogP contribution in [0.3, 0.4) is 0 Å². The van der Waals surface area contributed by atoms with Crippen molar-refractivity contribution in [1.29, 1.82) is 0 Å². The summed E-state index contributed by atoms with van der Waals surface area (Å²) in [6.07, 6.45) is 2.92. The minimum Gasteiger partial charge on any atom is -0.497 e. The molecule has 2 amide bonds. The van der Waals surface area contributed by atoms with Gasteiger partial charge < -0.3 is 10.1 Å². The fourth-order valence-corrected chi connectivity index (χ4v) is 1.55. The summed E-state index contributed by atoms with van der Waals surface area (Å²) in [4.78, 5) is 27.1. The molecule has 0 bridgehead atoms. The molecular formula is C15H14N4O3. The molecule has 1 heterocycles. The largest absolute Gasteiger partial charge is 0.497 e. The second-order valence-electron chi connectivity index (χ2n) is 4.14. The molecule has 0 saturated carbocycles. The molecule has 0 unspecified atom stereocenters. The normalized spacial score (nSPS) is 10.2. The highest BCUT2D eigenvalue weighted by Gasteiger charge is 2.12. The summed E-state index contributed by atoms with van der Waals surface area (Å²) in [5, 5.41) is 6.07. The smallest absolute Gasteiger partial charge is 0.329 e. The minimum absolute atomic E-state index is 0.291. The van der Waals surface area contributed by atoms with E-state index in [0.29, 0.717) is 11.6 Å². The van der Waals surface area contributed by atoms with Crippen molar-refractivity contribution >= 4 is 23.8 Å². The number of methoxy groups -OCH3 is 1. The van der Waals surface area contributed by atoms with Gasteiger partial charge in [0.05, 0.1) is 13.3 Å². The van der Waals surface area contributed by atoms with E-state index in [-0.39, 0.29) is 0 Å². The molecule has 112 valence electrons. The van der Waals surface area contributed by atoms with Crippen molar-refractivity contribution in [3.63, 3.8) is 0 Å². The number of nitrogens with zero attached hydrogens (tertiary/aromatic N) is 2. The summed E-state index contributed by atoms with van der Waals surface area (Å²) in [7, 11) is 1.56.